The molecule has 0 unspecified atom stereocenters. The predicted octanol–water partition coefficient (Wildman–Crippen LogP) is 1.99. The van der Waals surface area contributed by atoms with Gasteiger partial charge in [0.25, 0.3) is 0 Å². The van der Waals surface area contributed by atoms with Crippen molar-refractivity contribution in [1.82, 2.24) is 9.88 Å². The summed E-state index contributed by atoms with van der Waals surface area (Å²) in [5.41, 5.74) is 2.60. The average molecular weight is 287 g/mol. The third kappa shape index (κ3) is 3.25. The van der Waals surface area contributed by atoms with Crippen molar-refractivity contribution in [3.05, 3.63) is 30.0 Å². The van der Waals surface area contributed by atoms with E-state index in [2.05, 4.69) is 21.3 Å². The van der Waals surface area contributed by atoms with Gasteiger partial charge in [0.05, 0.1) is 24.6 Å². The molecule has 112 valence electrons. The number of nitrogens with zero attached hydrogens (tertiary/aromatic N) is 2. The highest BCUT2D eigenvalue weighted by molar-refractivity contribution is 5.87. The molecule has 1 aromatic heterocycles. The van der Waals surface area contributed by atoms with Crippen molar-refractivity contribution >= 4 is 16.6 Å². The molecule has 1 aliphatic rings. The summed E-state index contributed by atoms with van der Waals surface area (Å²) in [7, 11) is 0. The molecule has 1 aliphatic heterocycles. The van der Waals surface area contributed by atoms with Crippen molar-refractivity contribution in [2.75, 3.05) is 44.7 Å². The van der Waals surface area contributed by atoms with Gasteiger partial charge in [-0.05, 0) is 19.1 Å². The van der Waals surface area contributed by atoms with Crippen molar-refractivity contribution in [1.29, 1.82) is 0 Å². The molecule has 5 heteroatoms. The lowest BCUT2D eigenvalue weighted by Crippen LogP contribution is -2.39. The number of fused-ring (bicyclic) bond motifs is 1. The van der Waals surface area contributed by atoms with E-state index in [1.165, 1.54) is 0 Å². The number of hydrogen-bond donors (Lipinski definition) is 2. The number of aromatic nitrogens is 1. The largest absolute Gasteiger partial charge is 0.506 e. The first-order chi connectivity index (χ1) is 10.2. The van der Waals surface area contributed by atoms with Gasteiger partial charge in [0.2, 0.25) is 0 Å². The Kier molecular flexibility index (Phi) is 4.22. The fourth-order valence-corrected chi connectivity index (χ4v) is 2.63. The van der Waals surface area contributed by atoms with Crippen LogP contribution >= 0.6 is 0 Å². The number of aromatic hydroxyl groups is 1. The van der Waals surface area contributed by atoms with E-state index in [1.807, 2.05) is 19.1 Å². The van der Waals surface area contributed by atoms with Crippen LogP contribution in [0.4, 0.5) is 5.69 Å². The highest BCUT2D eigenvalue weighted by Gasteiger charge is 2.10. The van der Waals surface area contributed by atoms with Crippen LogP contribution in [0.5, 0.6) is 5.75 Å². The second kappa shape index (κ2) is 6.28. The molecule has 1 aromatic carbocycles. The molecule has 0 bridgehead atoms. The van der Waals surface area contributed by atoms with Gasteiger partial charge in [0, 0.05) is 31.6 Å². The molecule has 0 spiro atoms. The molecule has 1 fully saturated rings. The molecular formula is C16H21N3O2. The normalized spacial score (nSPS) is 16.2. The molecule has 2 heterocycles. The molecule has 2 N–H and O–H groups in total. The maximum Gasteiger partial charge on any atom is 0.141 e. The number of hydrogen-bond acceptors (Lipinski definition) is 5. The minimum atomic E-state index is 0.232. The Bertz CT molecular complexity index is 624. The molecule has 0 aliphatic carbocycles. The predicted molar refractivity (Wildman–Crippen MR) is 83.9 cm³/mol. The van der Waals surface area contributed by atoms with Crippen LogP contribution in [-0.2, 0) is 4.74 Å². The first-order valence-electron chi connectivity index (χ1n) is 7.37. The lowest BCUT2D eigenvalue weighted by Gasteiger charge is -2.26. The quantitative estimate of drug-likeness (QED) is 0.900. The van der Waals surface area contributed by atoms with E-state index in [9.17, 15) is 5.11 Å². The van der Waals surface area contributed by atoms with Gasteiger partial charge in [-0.3, -0.25) is 4.90 Å². The monoisotopic (exact) mass is 287 g/mol. The van der Waals surface area contributed by atoms with Gasteiger partial charge in [-0.25, -0.2) is 4.98 Å². The van der Waals surface area contributed by atoms with E-state index in [0.29, 0.717) is 5.52 Å². The first-order valence-corrected chi connectivity index (χ1v) is 7.37. The van der Waals surface area contributed by atoms with Crippen LogP contribution < -0.4 is 5.32 Å². The number of anilines is 1. The number of pyridine rings is 1. The lowest BCUT2D eigenvalue weighted by atomic mass is 10.1. The summed E-state index contributed by atoms with van der Waals surface area (Å²) in [5.74, 6) is 0.232. The van der Waals surface area contributed by atoms with Crippen molar-refractivity contribution in [2.45, 2.75) is 6.92 Å². The second-order valence-corrected chi connectivity index (χ2v) is 5.35. The molecule has 3 rings (SSSR count). The lowest BCUT2D eigenvalue weighted by molar-refractivity contribution is 0.0398. The van der Waals surface area contributed by atoms with E-state index in [-0.39, 0.29) is 5.75 Å². The average Bonchev–Trinajstić information content (AvgIpc) is 2.50. The maximum atomic E-state index is 9.83. The SMILES string of the molecule is Cc1nc2c(O)cccc2cc1NCCN1CCOCC1. The summed E-state index contributed by atoms with van der Waals surface area (Å²) < 4.78 is 5.35. The molecule has 0 radical (unpaired) electrons. The third-order valence-corrected chi connectivity index (χ3v) is 3.86. The fourth-order valence-electron chi connectivity index (χ4n) is 2.63. The van der Waals surface area contributed by atoms with Crippen LogP contribution in [0.2, 0.25) is 0 Å². The second-order valence-electron chi connectivity index (χ2n) is 5.35. The van der Waals surface area contributed by atoms with Gasteiger partial charge in [0.1, 0.15) is 11.3 Å². The van der Waals surface area contributed by atoms with Crippen molar-refractivity contribution in [2.24, 2.45) is 0 Å². The number of aryl methyl sites for hydroxylation is 1. The summed E-state index contributed by atoms with van der Waals surface area (Å²) in [6.45, 7) is 7.51. The van der Waals surface area contributed by atoms with E-state index in [0.717, 1.165) is 56.2 Å². The highest BCUT2D eigenvalue weighted by Crippen LogP contribution is 2.26. The Morgan fingerprint density at radius 3 is 2.95 bits per heavy atom. The Morgan fingerprint density at radius 2 is 2.14 bits per heavy atom. The van der Waals surface area contributed by atoms with Crippen molar-refractivity contribution in [3.63, 3.8) is 0 Å². The van der Waals surface area contributed by atoms with Crippen molar-refractivity contribution < 1.29 is 9.84 Å². The molecule has 5 nitrogen and oxygen atoms in total. The summed E-state index contributed by atoms with van der Waals surface area (Å²) >= 11 is 0. The van der Waals surface area contributed by atoms with E-state index in [4.69, 9.17) is 4.74 Å². The van der Waals surface area contributed by atoms with Crippen LogP contribution in [0.1, 0.15) is 5.69 Å². The molecule has 21 heavy (non-hydrogen) atoms. The van der Waals surface area contributed by atoms with Gasteiger partial charge in [0.15, 0.2) is 0 Å². The van der Waals surface area contributed by atoms with Crippen molar-refractivity contribution in [3.8, 4) is 5.75 Å². The Hall–Kier alpha value is -1.85. The molecule has 0 amide bonds. The zero-order valence-electron chi connectivity index (χ0n) is 12.3. The van der Waals surface area contributed by atoms with Crippen LogP contribution in [0.15, 0.2) is 24.3 Å². The van der Waals surface area contributed by atoms with Crippen LogP contribution in [0.3, 0.4) is 0 Å². The van der Waals surface area contributed by atoms with Crippen LogP contribution in [-0.4, -0.2) is 54.4 Å². The standard InChI is InChI=1S/C16H21N3O2/c1-12-14(17-5-6-19-7-9-21-10-8-19)11-13-3-2-4-15(20)16(13)18-12/h2-4,11,17,20H,5-10H2,1H3. The van der Waals surface area contributed by atoms with E-state index < -0.39 is 0 Å². The molecule has 0 saturated carbocycles. The number of morpholine rings is 1. The number of nitrogens with one attached hydrogen (secondary N) is 1. The Balaban J connectivity index is 1.67. The Morgan fingerprint density at radius 1 is 1.33 bits per heavy atom. The highest BCUT2D eigenvalue weighted by atomic mass is 16.5. The van der Waals surface area contributed by atoms with Gasteiger partial charge in [-0.2, -0.15) is 0 Å². The van der Waals surface area contributed by atoms with Gasteiger partial charge >= 0.3 is 0 Å². The summed E-state index contributed by atoms with van der Waals surface area (Å²) in [4.78, 5) is 6.89. The smallest absolute Gasteiger partial charge is 0.141 e. The van der Waals surface area contributed by atoms with Crippen LogP contribution in [0.25, 0.3) is 10.9 Å². The number of ether oxygens (including phenoxy) is 1. The summed E-state index contributed by atoms with van der Waals surface area (Å²) in [6, 6.07) is 7.53. The maximum absolute atomic E-state index is 9.83. The third-order valence-electron chi connectivity index (χ3n) is 3.86. The molecular weight excluding hydrogens is 266 g/mol. The molecule has 1 saturated heterocycles. The zero-order valence-corrected chi connectivity index (χ0v) is 12.3. The molecule has 0 atom stereocenters. The van der Waals surface area contributed by atoms with E-state index >= 15 is 0 Å². The Labute approximate surface area is 124 Å². The van der Waals surface area contributed by atoms with Gasteiger partial charge in [-0.15, -0.1) is 0 Å². The minimum Gasteiger partial charge on any atom is -0.506 e. The number of rotatable bonds is 4. The number of benzene rings is 1. The first kappa shape index (κ1) is 14.1. The number of phenols is 1. The topological polar surface area (TPSA) is 57.6 Å². The minimum absolute atomic E-state index is 0.232. The summed E-state index contributed by atoms with van der Waals surface area (Å²) in [6.07, 6.45) is 0. The molecule has 2 aromatic rings. The van der Waals surface area contributed by atoms with E-state index in [1.54, 1.807) is 6.07 Å². The van der Waals surface area contributed by atoms with Gasteiger partial charge in [-0.1, -0.05) is 12.1 Å². The van der Waals surface area contributed by atoms with Gasteiger partial charge < -0.3 is 15.2 Å². The summed E-state index contributed by atoms with van der Waals surface area (Å²) in [5, 5.41) is 14.2. The number of para-hydroxylation sites is 1. The zero-order chi connectivity index (χ0) is 14.7. The fraction of sp³-hybridized carbons (Fsp3) is 0.438. The number of phenolic OH excluding ortho intramolecular Hbond substituents is 1. The van der Waals surface area contributed by atoms with Crippen LogP contribution in [0, 0.1) is 6.92 Å².